The molecule has 10 nitrogen and oxygen atoms in total. The van der Waals surface area contributed by atoms with Crippen molar-refractivity contribution in [3.63, 3.8) is 0 Å². The molecule has 1 aromatic heterocycles. The molecule has 3 heterocycles. The second kappa shape index (κ2) is 11.0. The van der Waals surface area contributed by atoms with E-state index in [1.165, 1.54) is 12.4 Å². The van der Waals surface area contributed by atoms with Gasteiger partial charge in [-0.2, -0.15) is 0 Å². The highest BCUT2D eigenvalue weighted by Crippen LogP contribution is 2.37. The second-order valence-corrected chi connectivity index (χ2v) is 9.60. The molecule has 0 saturated carbocycles. The maximum Gasteiger partial charge on any atom is 0.276 e. The number of amides is 2. The zero-order chi connectivity index (χ0) is 25.9. The molecule has 0 radical (unpaired) electrons. The quantitative estimate of drug-likeness (QED) is 0.471. The number of nitrogens with zero attached hydrogens (tertiary/aromatic N) is 3. The van der Waals surface area contributed by atoms with Crippen LogP contribution in [0.1, 0.15) is 40.7 Å². The van der Waals surface area contributed by atoms with Gasteiger partial charge >= 0.3 is 0 Å². The number of benzene rings is 1. The van der Waals surface area contributed by atoms with Crippen LogP contribution in [-0.2, 0) is 9.47 Å². The average Bonchev–Trinajstić information content (AvgIpc) is 3.70. The standard InChI is InChI=1S/C26H28ClN5O5/c1-15-14-17(4-7-19(15)27)31-25(35)22-21(28-9-10-29-22)24(34)30-16-2-5-18(6-3-16)32-11-13-36-20(8-12-33)23-26(32)37-23/h2-7,9-10,15,20,23,26,33H,8,11-14H2,1H3,(H,30,34)(H,31,35). The van der Waals surface area contributed by atoms with E-state index in [0.29, 0.717) is 37.4 Å². The predicted molar refractivity (Wildman–Crippen MR) is 137 cm³/mol. The lowest BCUT2D eigenvalue weighted by Gasteiger charge is -2.21. The van der Waals surface area contributed by atoms with E-state index in [0.717, 1.165) is 10.7 Å². The van der Waals surface area contributed by atoms with Gasteiger partial charge < -0.3 is 30.1 Å². The summed E-state index contributed by atoms with van der Waals surface area (Å²) in [5.41, 5.74) is 2.04. The van der Waals surface area contributed by atoms with Gasteiger partial charge in [0.2, 0.25) is 0 Å². The van der Waals surface area contributed by atoms with Crippen LogP contribution in [0.15, 0.2) is 59.5 Å². The van der Waals surface area contributed by atoms with E-state index >= 15 is 0 Å². The summed E-state index contributed by atoms with van der Waals surface area (Å²) >= 11 is 6.12. The summed E-state index contributed by atoms with van der Waals surface area (Å²) in [5, 5.41) is 15.6. The Hall–Kier alpha value is -3.31. The summed E-state index contributed by atoms with van der Waals surface area (Å²) in [7, 11) is 0. The fourth-order valence-electron chi connectivity index (χ4n) is 4.55. The monoisotopic (exact) mass is 525 g/mol. The molecule has 0 bridgehead atoms. The van der Waals surface area contributed by atoms with Crippen molar-refractivity contribution in [2.24, 2.45) is 5.92 Å². The van der Waals surface area contributed by atoms with Crippen LogP contribution in [0, 0.1) is 5.92 Å². The maximum absolute atomic E-state index is 13.0. The number of hydrogen-bond donors (Lipinski definition) is 3. The minimum atomic E-state index is -0.541. The molecule has 3 aliphatic rings. The Balaban J connectivity index is 1.24. The van der Waals surface area contributed by atoms with Crippen LogP contribution in [0.5, 0.6) is 0 Å². The average molecular weight is 526 g/mol. The van der Waals surface area contributed by atoms with Crippen LogP contribution in [0.3, 0.4) is 0 Å². The fraction of sp³-hybridized carbons (Fsp3) is 0.385. The molecule has 2 aliphatic heterocycles. The zero-order valence-electron chi connectivity index (χ0n) is 20.3. The topological polar surface area (TPSA) is 129 Å². The summed E-state index contributed by atoms with van der Waals surface area (Å²) in [4.78, 5) is 36.2. The molecule has 2 aromatic rings. The van der Waals surface area contributed by atoms with E-state index < -0.39 is 11.8 Å². The Morgan fingerprint density at radius 1 is 1.11 bits per heavy atom. The number of rotatable bonds is 7. The van der Waals surface area contributed by atoms with Crippen LogP contribution in [0.4, 0.5) is 11.4 Å². The van der Waals surface area contributed by atoms with Gasteiger partial charge in [-0.1, -0.05) is 18.5 Å². The summed E-state index contributed by atoms with van der Waals surface area (Å²) in [6.45, 7) is 3.22. The summed E-state index contributed by atoms with van der Waals surface area (Å²) in [5.74, 6) is -0.961. The van der Waals surface area contributed by atoms with E-state index in [9.17, 15) is 14.7 Å². The first-order valence-electron chi connectivity index (χ1n) is 12.2. The number of aliphatic hydroxyl groups is 1. The minimum absolute atomic E-state index is 0.0594. The largest absolute Gasteiger partial charge is 0.396 e. The van der Waals surface area contributed by atoms with E-state index in [-0.39, 0.29) is 42.3 Å². The second-order valence-electron chi connectivity index (χ2n) is 9.16. The lowest BCUT2D eigenvalue weighted by Crippen LogP contribution is -2.30. The van der Waals surface area contributed by atoms with E-state index in [4.69, 9.17) is 21.1 Å². The smallest absolute Gasteiger partial charge is 0.276 e. The first-order valence-corrected chi connectivity index (χ1v) is 12.6. The third kappa shape index (κ3) is 5.67. The number of ether oxygens (including phenoxy) is 2. The highest BCUT2D eigenvalue weighted by molar-refractivity contribution is 6.30. The van der Waals surface area contributed by atoms with Gasteiger partial charge in [-0.3, -0.25) is 9.59 Å². The summed E-state index contributed by atoms with van der Waals surface area (Å²) < 4.78 is 11.6. The van der Waals surface area contributed by atoms with Gasteiger partial charge in [0.05, 0.1) is 12.7 Å². The van der Waals surface area contributed by atoms with Gasteiger partial charge in [0, 0.05) is 47.6 Å². The van der Waals surface area contributed by atoms with Crippen molar-refractivity contribution in [3.8, 4) is 0 Å². The Kier molecular flexibility index (Phi) is 7.52. The molecule has 3 N–H and O–H groups in total. The summed E-state index contributed by atoms with van der Waals surface area (Å²) in [6.07, 6.45) is 7.11. The lowest BCUT2D eigenvalue weighted by atomic mass is 10.00. The van der Waals surface area contributed by atoms with Crippen molar-refractivity contribution in [1.29, 1.82) is 0 Å². The summed E-state index contributed by atoms with van der Waals surface area (Å²) in [6, 6.07) is 7.34. The SMILES string of the molecule is CC1CC(NC(=O)c2nccnc2C(=O)Nc2ccc(N3CCOC(CCO)C4OC43)cc2)=CC=C1Cl. The van der Waals surface area contributed by atoms with Crippen LogP contribution in [-0.4, -0.2) is 65.1 Å². The van der Waals surface area contributed by atoms with Crippen LogP contribution < -0.4 is 15.5 Å². The number of carbonyl (C=O) groups excluding carboxylic acids is 2. The number of aliphatic hydroxyl groups excluding tert-OH is 1. The van der Waals surface area contributed by atoms with Gasteiger partial charge in [-0.15, -0.1) is 0 Å². The molecular formula is C26H28ClN5O5. The van der Waals surface area contributed by atoms with Crippen molar-refractivity contribution in [2.45, 2.75) is 38.2 Å². The first-order chi connectivity index (χ1) is 17.9. The van der Waals surface area contributed by atoms with E-state index in [1.807, 2.05) is 19.1 Å². The molecule has 37 heavy (non-hydrogen) atoms. The Morgan fingerprint density at radius 3 is 2.49 bits per heavy atom. The molecule has 2 fully saturated rings. The third-order valence-corrected chi connectivity index (χ3v) is 7.05. The predicted octanol–water partition coefficient (Wildman–Crippen LogP) is 2.82. The molecule has 11 heteroatoms. The van der Waals surface area contributed by atoms with Gasteiger partial charge in [0.25, 0.3) is 11.8 Å². The molecule has 2 amide bonds. The van der Waals surface area contributed by atoms with Gasteiger partial charge in [0.1, 0.15) is 6.10 Å². The lowest BCUT2D eigenvalue weighted by molar-refractivity contribution is 0.0218. The number of hydrogen-bond acceptors (Lipinski definition) is 8. The van der Waals surface area contributed by atoms with Crippen LogP contribution >= 0.6 is 11.6 Å². The number of anilines is 2. The van der Waals surface area contributed by atoms with Crippen molar-refractivity contribution >= 4 is 34.8 Å². The Morgan fingerprint density at radius 2 is 1.81 bits per heavy atom. The van der Waals surface area contributed by atoms with E-state index in [1.54, 1.807) is 24.3 Å². The van der Waals surface area contributed by atoms with Crippen LogP contribution in [0.2, 0.25) is 0 Å². The Labute approximate surface area is 219 Å². The van der Waals surface area contributed by atoms with Crippen molar-refractivity contribution in [1.82, 2.24) is 15.3 Å². The molecule has 1 aromatic carbocycles. The number of fused-ring (bicyclic) bond motifs is 1. The number of aromatic nitrogens is 2. The minimum Gasteiger partial charge on any atom is -0.396 e. The normalized spacial score (nSPS) is 24.8. The van der Waals surface area contributed by atoms with Crippen molar-refractivity contribution < 1.29 is 24.2 Å². The molecule has 0 spiro atoms. The maximum atomic E-state index is 13.0. The molecule has 1 aliphatic carbocycles. The first kappa shape index (κ1) is 25.3. The zero-order valence-corrected chi connectivity index (χ0v) is 21.0. The number of halogens is 1. The molecular weight excluding hydrogens is 498 g/mol. The molecule has 4 atom stereocenters. The molecule has 5 rings (SSSR count). The van der Waals surface area contributed by atoms with Crippen molar-refractivity contribution in [3.05, 3.63) is 70.9 Å². The molecule has 194 valence electrons. The number of allylic oxidation sites excluding steroid dienone is 4. The number of nitrogens with one attached hydrogen (secondary N) is 2. The van der Waals surface area contributed by atoms with Gasteiger partial charge in [0.15, 0.2) is 17.6 Å². The highest BCUT2D eigenvalue weighted by atomic mass is 35.5. The van der Waals surface area contributed by atoms with Crippen molar-refractivity contribution in [2.75, 3.05) is 30.0 Å². The number of carbonyl (C=O) groups is 2. The third-order valence-electron chi connectivity index (χ3n) is 6.55. The van der Waals surface area contributed by atoms with Crippen LogP contribution in [0.25, 0.3) is 0 Å². The van der Waals surface area contributed by atoms with E-state index in [2.05, 4.69) is 25.5 Å². The Bertz CT molecular complexity index is 1230. The van der Waals surface area contributed by atoms with Gasteiger partial charge in [-0.05, 0) is 55.2 Å². The highest BCUT2D eigenvalue weighted by Gasteiger charge is 2.50. The number of epoxide rings is 1. The fourth-order valence-corrected chi connectivity index (χ4v) is 4.69. The molecule has 4 unspecified atom stereocenters. The molecule has 2 saturated heterocycles. The van der Waals surface area contributed by atoms with Gasteiger partial charge in [-0.25, -0.2) is 9.97 Å².